The quantitative estimate of drug-likeness (QED) is 0.217. The Balaban J connectivity index is 1.33. The summed E-state index contributed by atoms with van der Waals surface area (Å²) in [6, 6.07) is 12.1. The maximum absolute atomic E-state index is 13.7. The van der Waals surface area contributed by atoms with Crippen LogP contribution in [0, 0.1) is 28.8 Å². The molecule has 2 aromatic carbocycles. The number of nitrogens with zero attached hydrogens (tertiary/aromatic N) is 7. The highest BCUT2D eigenvalue weighted by Crippen LogP contribution is 2.32. The van der Waals surface area contributed by atoms with Gasteiger partial charge in [0, 0.05) is 50.3 Å². The molecule has 0 radical (unpaired) electrons. The monoisotopic (exact) mass is 571 g/mol. The van der Waals surface area contributed by atoms with Crippen molar-refractivity contribution in [2.24, 2.45) is 5.92 Å². The summed E-state index contributed by atoms with van der Waals surface area (Å²) in [5.41, 5.74) is 2.42. The van der Waals surface area contributed by atoms with Gasteiger partial charge in [0.1, 0.15) is 17.5 Å². The average Bonchev–Trinajstić information content (AvgIpc) is 3.16. The van der Waals surface area contributed by atoms with Gasteiger partial charge in [-0.25, -0.2) is 19.0 Å². The van der Waals surface area contributed by atoms with E-state index < -0.39 is 4.92 Å². The van der Waals surface area contributed by atoms with E-state index in [9.17, 15) is 19.3 Å². The Morgan fingerprint density at radius 3 is 2.55 bits per heavy atom. The van der Waals surface area contributed by atoms with Crippen LogP contribution in [0.1, 0.15) is 60.4 Å². The third-order valence-corrected chi connectivity index (χ3v) is 8.38. The molecule has 2 aliphatic rings. The summed E-state index contributed by atoms with van der Waals surface area (Å²) in [5.74, 6) is 1.60. The Kier molecular flexibility index (Phi) is 7.82. The van der Waals surface area contributed by atoms with Gasteiger partial charge in [-0.3, -0.25) is 14.9 Å². The van der Waals surface area contributed by atoms with E-state index >= 15 is 0 Å². The fourth-order valence-electron chi connectivity index (χ4n) is 6.20. The molecule has 0 N–H and O–H groups in total. The number of carbonyl (C=O) groups excluding carboxylic acids is 1. The number of carbonyl (C=O) groups is 1. The molecule has 0 unspecified atom stereocenters. The van der Waals surface area contributed by atoms with Crippen molar-refractivity contribution in [2.45, 2.75) is 51.9 Å². The van der Waals surface area contributed by atoms with Crippen molar-refractivity contribution in [3.63, 3.8) is 0 Å². The van der Waals surface area contributed by atoms with Crippen LogP contribution >= 0.6 is 0 Å². The smallest absolute Gasteiger partial charge is 0.270 e. The SMILES string of the molecule is Cc1nn(-c2ccc(F)cc2)c2nc(CC3CCCCC3)nc(N3CCCN(C(=O)c4cccc([N+](=O)[O-])c4)CC3)c12. The van der Waals surface area contributed by atoms with Crippen molar-refractivity contribution in [3.8, 4) is 5.69 Å². The van der Waals surface area contributed by atoms with Crippen LogP contribution in [0.15, 0.2) is 48.5 Å². The van der Waals surface area contributed by atoms with Gasteiger partial charge in [0.2, 0.25) is 0 Å². The number of amides is 1. The van der Waals surface area contributed by atoms with Crippen LogP contribution in [0.5, 0.6) is 0 Å². The second kappa shape index (κ2) is 11.8. The first-order chi connectivity index (χ1) is 20.4. The normalized spacial score (nSPS) is 16.5. The van der Waals surface area contributed by atoms with Crippen LogP contribution in [0.3, 0.4) is 0 Å². The van der Waals surface area contributed by atoms with E-state index in [1.165, 1.54) is 56.4 Å². The van der Waals surface area contributed by atoms with Crippen molar-refractivity contribution >= 4 is 28.4 Å². The molecule has 2 aromatic heterocycles. The van der Waals surface area contributed by atoms with Gasteiger partial charge in [-0.05, 0) is 49.6 Å². The summed E-state index contributed by atoms with van der Waals surface area (Å²) >= 11 is 0. The first kappa shape index (κ1) is 27.7. The lowest BCUT2D eigenvalue weighted by Crippen LogP contribution is -2.35. The molecule has 1 saturated carbocycles. The first-order valence-electron chi connectivity index (χ1n) is 14.7. The topological polar surface area (TPSA) is 110 Å². The highest BCUT2D eigenvalue weighted by atomic mass is 19.1. The lowest BCUT2D eigenvalue weighted by atomic mass is 9.87. The van der Waals surface area contributed by atoms with Crippen LogP contribution < -0.4 is 4.90 Å². The molecule has 0 spiro atoms. The Morgan fingerprint density at radius 1 is 1.00 bits per heavy atom. The van der Waals surface area contributed by atoms with Crippen molar-refractivity contribution in [1.82, 2.24) is 24.6 Å². The van der Waals surface area contributed by atoms with E-state index in [1.54, 1.807) is 33.8 Å². The molecule has 0 atom stereocenters. The Morgan fingerprint density at radius 2 is 1.79 bits per heavy atom. The van der Waals surface area contributed by atoms with Crippen LogP contribution in [-0.2, 0) is 6.42 Å². The largest absolute Gasteiger partial charge is 0.354 e. The van der Waals surface area contributed by atoms with E-state index in [0.717, 1.165) is 41.3 Å². The molecule has 42 heavy (non-hydrogen) atoms. The number of nitro groups is 1. The summed E-state index contributed by atoms with van der Waals surface area (Å²) in [6.07, 6.45) is 7.59. The number of rotatable bonds is 6. The predicted octanol–water partition coefficient (Wildman–Crippen LogP) is 5.65. The molecular formula is C31H34FN7O3. The molecule has 218 valence electrons. The lowest BCUT2D eigenvalue weighted by Gasteiger charge is -2.25. The number of aromatic nitrogens is 4. The summed E-state index contributed by atoms with van der Waals surface area (Å²) in [6.45, 7) is 4.17. The van der Waals surface area contributed by atoms with Crippen molar-refractivity contribution in [3.05, 3.63) is 81.5 Å². The number of non-ortho nitro benzene ring substituents is 1. The van der Waals surface area contributed by atoms with Gasteiger partial charge in [0.25, 0.3) is 11.6 Å². The Bertz CT molecular complexity index is 1620. The molecule has 3 heterocycles. The second-order valence-corrected chi connectivity index (χ2v) is 11.3. The van der Waals surface area contributed by atoms with Gasteiger partial charge >= 0.3 is 0 Å². The molecule has 1 amide bonds. The van der Waals surface area contributed by atoms with Crippen molar-refractivity contribution in [2.75, 3.05) is 31.1 Å². The third kappa shape index (κ3) is 5.68. The number of fused-ring (bicyclic) bond motifs is 1. The second-order valence-electron chi connectivity index (χ2n) is 11.3. The maximum atomic E-state index is 13.7. The number of nitro benzene ring substituents is 1. The third-order valence-electron chi connectivity index (χ3n) is 8.38. The number of hydrogen-bond acceptors (Lipinski definition) is 7. The minimum Gasteiger partial charge on any atom is -0.354 e. The molecular weight excluding hydrogens is 537 g/mol. The molecule has 10 nitrogen and oxygen atoms in total. The van der Waals surface area contributed by atoms with Gasteiger partial charge in [0.15, 0.2) is 5.65 Å². The van der Waals surface area contributed by atoms with E-state index in [0.29, 0.717) is 43.3 Å². The van der Waals surface area contributed by atoms with E-state index in [1.807, 2.05) is 6.92 Å². The molecule has 1 saturated heterocycles. The highest BCUT2D eigenvalue weighted by Gasteiger charge is 2.27. The summed E-state index contributed by atoms with van der Waals surface area (Å²) < 4.78 is 15.5. The maximum Gasteiger partial charge on any atom is 0.270 e. The molecule has 2 fully saturated rings. The minimum absolute atomic E-state index is 0.0974. The van der Waals surface area contributed by atoms with Gasteiger partial charge < -0.3 is 9.80 Å². The minimum atomic E-state index is -0.485. The van der Waals surface area contributed by atoms with Crippen LogP contribution in [0.2, 0.25) is 0 Å². The number of hydrogen-bond donors (Lipinski definition) is 0. The summed E-state index contributed by atoms with van der Waals surface area (Å²) in [7, 11) is 0. The van der Waals surface area contributed by atoms with Gasteiger partial charge in [-0.15, -0.1) is 0 Å². The molecule has 1 aliphatic carbocycles. The summed E-state index contributed by atoms with van der Waals surface area (Å²) in [5, 5.41) is 16.9. The first-order valence-corrected chi connectivity index (χ1v) is 14.7. The average molecular weight is 572 g/mol. The predicted molar refractivity (Wildman–Crippen MR) is 157 cm³/mol. The Hall–Kier alpha value is -4.41. The van der Waals surface area contributed by atoms with E-state index in [-0.39, 0.29) is 17.4 Å². The molecule has 11 heteroatoms. The zero-order chi connectivity index (χ0) is 29.2. The van der Waals surface area contributed by atoms with Crippen LogP contribution in [0.4, 0.5) is 15.9 Å². The fraction of sp³-hybridized carbons (Fsp3) is 0.419. The standard InChI is InChI=1S/C31H34FN7O3/c1-21-28-29(36-15-6-16-37(18-17-36)31(40)23-9-5-10-26(20-23)39(41)42)33-27(19-22-7-3-2-4-8-22)34-30(28)38(35-21)25-13-11-24(32)12-14-25/h5,9-14,20,22H,2-4,6-8,15-19H2,1H3. The molecule has 1 aliphatic heterocycles. The number of aryl methyl sites for hydroxylation is 1. The number of halogens is 1. The van der Waals surface area contributed by atoms with E-state index in [2.05, 4.69) is 4.90 Å². The molecule has 4 aromatic rings. The lowest BCUT2D eigenvalue weighted by molar-refractivity contribution is -0.384. The van der Waals surface area contributed by atoms with Gasteiger partial charge in [-0.1, -0.05) is 38.2 Å². The van der Waals surface area contributed by atoms with Crippen molar-refractivity contribution in [1.29, 1.82) is 0 Å². The summed E-state index contributed by atoms with van der Waals surface area (Å²) in [4.78, 5) is 38.2. The zero-order valence-electron chi connectivity index (χ0n) is 23.7. The fourth-order valence-corrected chi connectivity index (χ4v) is 6.20. The molecule has 6 rings (SSSR count). The van der Waals surface area contributed by atoms with Crippen LogP contribution in [0.25, 0.3) is 16.7 Å². The van der Waals surface area contributed by atoms with E-state index in [4.69, 9.17) is 15.1 Å². The number of benzene rings is 2. The highest BCUT2D eigenvalue weighted by molar-refractivity contribution is 5.95. The zero-order valence-corrected chi connectivity index (χ0v) is 23.7. The van der Waals surface area contributed by atoms with Gasteiger partial charge in [0.05, 0.1) is 21.7 Å². The van der Waals surface area contributed by atoms with Gasteiger partial charge in [-0.2, -0.15) is 5.10 Å². The Labute approximate surface area is 243 Å². The van der Waals surface area contributed by atoms with Crippen LogP contribution in [-0.4, -0.2) is 61.7 Å². The molecule has 0 bridgehead atoms. The van der Waals surface area contributed by atoms with Crippen molar-refractivity contribution < 1.29 is 14.1 Å². The number of anilines is 1.